The lowest BCUT2D eigenvalue weighted by Gasteiger charge is -2.16. The van der Waals surface area contributed by atoms with Crippen molar-refractivity contribution in [2.45, 2.75) is 19.8 Å². The van der Waals surface area contributed by atoms with Crippen molar-refractivity contribution in [3.63, 3.8) is 0 Å². The molecule has 0 atom stereocenters. The highest BCUT2D eigenvalue weighted by Crippen LogP contribution is 2.28. The first kappa shape index (κ1) is 12.4. The molecule has 4 heteroatoms. The van der Waals surface area contributed by atoms with Crippen LogP contribution in [0.3, 0.4) is 0 Å². The fourth-order valence-corrected chi connectivity index (χ4v) is 1.81. The number of fused-ring (bicyclic) bond motifs is 1. The van der Waals surface area contributed by atoms with Crippen LogP contribution in [0.5, 0.6) is 5.75 Å². The van der Waals surface area contributed by atoms with Crippen molar-refractivity contribution in [1.29, 1.82) is 0 Å². The van der Waals surface area contributed by atoms with E-state index >= 15 is 0 Å². The molecule has 1 aliphatic carbocycles. The first-order chi connectivity index (χ1) is 8.65. The summed E-state index contributed by atoms with van der Waals surface area (Å²) in [6.45, 7) is 2.43. The van der Waals surface area contributed by atoms with E-state index in [9.17, 15) is 14.7 Å². The van der Waals surface area contributed by atoms with Crippen LogP contribution in [0.4, 0.5) is 0 Å². The van der Waals surface area contributed by atoms with Crippen molar-refractivity contribution in [3.8, 4) is 5.75 Å². The van der Waals surface area contributed by atoms with Gasteiger partial charge in [-0.25, -0.2) is 0 Å². The zero-order chi connectivity index (χ0) is 13.1. The summed E-state index contributed by atoms with van der Waals surface area (Å²) in [7, 11) is 0. The van der Waals surface area contributed by atoms with Crippen LogP contribution in [-0.4, -0.2) is 23.3 Å². The molecule has 1 aromatic carbocycles. The minimum Gasteiger partial charge on any atom is -0.507 e. The number of phenolic OH excluding ortho intramolecular Hbond substituents is 1. The molecule has 0 radical (unpaired) electrons. The Hall–Kier alpha value is -2.10. The predicted octanol–water partition coefficient (Wildman–Crippen LogP) is 2.47. The van der Waals surface area contributed by atoms with Gasteiger partial charge in [0.2, 0.25) is 5.78 Å². The molecule has 2 rings (SSSR count). The predicted molar refractivity (Wildman–Crippen MR) is 65.7 cm³/mol. The molecular weight excluding hydrogens is 232 g/mol. The maximum Gasteiger partial charge on any atom is 0.228 e. The molecule has 18 heavy (non-hydrogen) atoms. The molecule has 1 aliphatic rings. The number of hydrogen-bond donors (Lipinski definition) is 1. The number of ketones is 2. The van der Waals surface area contributed by atoms with Crippen molar-refractivity contribution in [1.82, 2.24) is 0 Å². The highest BCUT2D eigenvalue weighted by atomic mass is 16.5. The second-order valence-corrected chi connectivity index (χ2v) is 4.10. The number of unbranched alkanes of at least 4 members (excludes halogenated alkanes) is 1. The number of carbonyl (C=O) groups is 2. The van der Waals surface area contributed by atoms with Crippen LogP contribution in [0.25, 0.3) is 0 Å². The second-order valence-electron chi connectivity index (χ2n) is 4.10. The van der Waals surface area contributed by atoms with Gasteiger partial charge < -0.3 is 9.84 Å². The molecule has 0 bridgehead atoms. The summed E-state index contributed by atoms with van der Waals surface area (Å²) in [5.41, 5.74) is 0.263. The summed E-state index contributed by atoms with van der Waals surface area (Å²) in [4.78, 5) is 23.9. The SMILES string of the molecule is CCCCOC1=CC(=O)c2c(O)cccc2C1=O. The Balaban J connectivity index is 2.30. The molecule has 1 N–H and O–H groups in total. The van der Waals surface area contributed by atoms with Gasteiger partial charge in [-0.15, -0.1) is 0 Å². The van der Waals surface area contributed by atoms with Crippen molar-refractivity contribution in [3.05, 3.63) is 41.2 Å². The number of benzene rings is 1. The molecule has 0 aliphatic heterocycles. The smallest absolute Gasteiger partial charge is 0.228 e. The Morgan fingerprint density at radius 3 is 2.78 bits per heavy atom. The van der Waals surface area contributed by atoms with E-state index in [2.05, 4.69) is 0 Å². The summed E-state index contributed by atoms with van der Waals surface area (Å²) in [6.07, 6.45) is 2.93. The molecule has 0 spiro atoms. The van der Waals surface area contributed by atoms with Crippen LogP contribution < -0.4 is 0 Å². The van der Waals surface area contributed by atoms with E-state index in [0.29, 0.717) is 6.61 Å². The van der Waals surface area contributed by atoms with Crippen LogP contribution in [-0.2, 0) is 4.74 Å². The van der Waals surface area contributed by atoms with Gasteiger partial charge in [-0.05, 0) is 18.6 Å². The van der Waals surface area contributed by atoms with Crippen molar-refractivity contribution in [2.75, 3.05) is 6.61 Å². The standard InChI is InChI=1S/C14H14O4/c1-2-3-7-18-12-8-11(16)13-9(14(12)17)5-4-6-10(13)15/h4-6,8,15H,2-3,7H2,1H3. The van der Waals surface area contributed by atoms with E-state index in [1.807, 2.05) is 6.92 Å². The second kappa shape index (κ2) is 5.04. The van der Waals surface area contributed by atoms with Crippen LogP contribution in [0, 0.1) is 0 Å². The molecule has 0 aromatic heterocycles. The number of carbonyl (C=O) groups excluding carboxylic acids is 2. The molecule has 0 amide bonds. The van der Waals surface area contributed by atoms with Crippen LogP contribution >= 0.6 is 0 Å². The number of Topliss-reactive ketones (excluding diaryl/α,β-unsaturated/α-hetero) is 1. The molecule has 0 heterocycles. The first-order valence-corrected chi connectivity index (χ1v) is 5.90. The van der Waals surface area contributed by atoms with E-state index in [1.165, 1.54) is 18.2 Å². The number of phenols is 1. The Kier molecular flexibility index (Phi) is 3.46. The Morgan fingerprint density at radius 1 is 1.28 bits per heavy atom. The number of rotatable bonds is 4. The van der Waals surface area contributed by atoms with Gasteiger partial charge >= 0.3 is 0 Å². The topological polar surface area (TPSA) is 63.6 Å². The fraction of sp³-hybridized carbons (Fsp3) is 0.286. The average Bonchev–Trinajstić information content (AvgIpc) is 2.35. The third-order valence-corrected chi connectivity index (χ3v) is 2.77. The van der Waals surface area contributed by atoms with E-state index in [1.54, 1.807) is 0 Å². The quantitative estimate of drug-likeness (QED) is 0.829. The maximum absolute atomic E-state index is 12.1. The highest BCUT2D eigenvalue weighted by molar-refractivity contribution is 6.24. The minimum absolute atomic E-state index is 0.0605. The lowest BCUT2D eigenvalue weighted by Crippen LogP contribution is -2.19. The molecule has 4 nitrogen and oxygen atoms in total. The summed E-state index contributed by atoms with van der Waals surface area (Å²) >= 11 is 0. The molecular formula is C14H14O4. The van der Waals surface area contributed by atoms with Crippen LogP contribution in [0.15, 0.2) is 30.0 Å². The third kappa shape index (κ3) is 2.14. The zero-order valence-corrected chi connectivity index (χ0v) is 10.1. The van der Waals surface area contributed by atoms with Gasteiger partial charge in [0.25, 0.3) is 0 Å². The largest absolute Gasteiger partial charge is 0.507 e. The van der Waals surface area contributed by atoms with Crippen molar-refractivity contribution < 1.29 is 19.4 Å². The molecule has 0 saturated heterocycles. The summed E-state index contributed by atoms with van der Waals surface area (Å²) < 4.78 is 5.31. The van der Waals surface area contributed by atoms with Gasteiger partial charge in [0.15, 0.2) is 11.5 Å². The molecule has 1 aromatic rings. The van der Waals surface area contributed by atoms with Gasteiger partial charge in [0.05, 0.1) is 12.2 Å². The van der Waals surface area contributed by atoms with Gasteiger partial charge in [0.1, 0.15) is 5.75 Å². The number of aromatic hydroxyl groups is 1. The Labute approximate surface area is 105 Å². The fourth-order valence-electron chi connectivity index (χ4n) is 1.81. The van der Waals surface area contributed by atoms with Crippen molar-refractivity contribution in [2.24, 2.45) is 0 Å². The van der Waals surface area contributed by atoms with Gasteiger partial charge in [-0.1, -0.05) is 19.4 Å². The summed E-state index contributed by atoms with van der Waals surface area (Å²) in [6, 6.07) is 4.45. The highest BCUT2D eigenvalue weighted by Gasteiger charge is 2.28. The third-order valence-electron chi connectivity index (χ3n) is 2.77. The molecule has 0 fully saturated rings. The van der Waals surface area contributed by atoms with Gasteiger partial charge in [0, 0.05) is 11.6 Å². The molecule has 0 unspecified atom stereocenters. The lowest BCUT2D eigenvalue weighted by atomic mass is 9.93. The average molecular weight is 246 g/mol. The van der Waals surface area contributed by atoms with Crippen LogP contribution in [0.2, 0.25) is 0 Å². The van der Waals surface area contributed by atoms with E-state index in [-0.39, 0.29) is 28.4 Å². The number of allylic oxidation sites excluding steroid dienone is 2. The normalized spacial score (nSPS) is 14.2. The number of ether oxygens (including phenoxy) is 1. The minimum atomic E-state index is -0.394. The lowest BCUT2D eigenvalue weighted by molar-refractivity contribution is 0.0879. The summed E-state index contributed by atoms with van der Waals surface area (Å²) in [5, 5.41) is 9.60. The van der Waals surface area contributed by atoms with Gasteiger partial charge in [-0.3, -0.25) is 9.59 Å². The molecule has 94 valence electrons. The van der Waals surface area contributed by atoms with E-state index < -0.39 is 5.78 Å². The Morgan fingerprint density at radius 2 is 2.06 bits per heavy atom. The molecule has 0 saturated carbocycles. The number of hydrogen-bond acceptors (Lipinski definition) is 4. The van der Waals surface area contributed by atoms with E-state index in [4.69, 9.17) is 4.74 Å². The van der Waals surface area contributed by atoms with Crippen LogP contribution in [0.1, 0.15) is 40.5 Å². The van der Waals surface area contributed by atoms with Crippen molar-refractivity contribution >= 4 is 11.6 Å². The Bertz CT molecular complexity index is 529. The monoisotopic (exact) mass is 246 g/mol. The van der Waals surface area contributed by atoms with Gasteiger partial charge in [-0.2, -0.15) is 0 Å². The zero-order valence-electron chi connectivity index (χ0n) is 10.1. The maximum atomic E-state index is 12.1. The summed E-state index contributed by atoms with van der Waals surface area (Å²) in [5.74, 6) is -0.855. The first-order valence-electron chi connectivity index (χ1n) is 5.90. The van der Waals surface area contributed by atoms with E-state index in [0.717, 1.165) is 18.9 Å².